The first kappa shape index (κ1) is 20.8. The van der Waals surface area contributed by atoms with Gasteiger partial charge in [-0.15, -0.1) is 0 Å². The zero-order valence-corrected chi connectivity index (χ0v) is 18.9. The number of methoxy groups -OCH3 is 2. The predicted octanol–water partition coefficient (Wildman–Crippen LogP) is 5.02. The standard InChI is InChI=1S/C23H20Cl2N4O3/c1-31-18-7-6-12(10-19(18)32-2)13-8-16-20(17(30)9-13)22(29-23(28-16)26-11-27-29)14-4-3-5-15(24)21(14)25/h3-7,10-11,13,22H,8-9H2,1-2H3,(H,26,27,28). The Bertz CT molecular complexity index is 1250. The van der Waals surface area contributed by atoms with Gasteiger partial charge in [0, 0.05) is 23.3 Å². The van der Waals surface area contributed by atoms with Crippen molar-refractivity contribution < 1.29 is 14.3 Å². The van der Waals surface area contributed by atoms with Crippen LogP contribution in [0.15, 0.2) is 54.0 Å². The van der Waals surface area contributed by atoms with E-state index in [1.54, 1.807) is 25.0 Å². The summed E-state index contributed by atoms with van der Waals surface area (Å²) in [5.41, 5.74) is 3.19. The number of hydrogen-bond donors (Lipinski definition) is 1. The van der Waals surface area contributed by atoms with Gasteiger partial charge in [-0.05, 0) is 36.1 Å². The fourth-order valence-corrected chi connectivity index (χ4v) is 4.92. The van der Waals surface area contributed by atoms with Crippen LogP contribution in [0.5, 0.6) is 11.5 Å². The Kier molecular flexibility index (Phi) is 5.31. The molecule has 164 valence electrons. The highest BCUT2D eigenvalue weighted by atomic mass is 35.5. The SMILES string of the molecule is COc1ccc(C2CC(=O)C3=C(C2)Nc2ncnn2C3c2cccc(Cl)c2Cl)cc1OC. The number of ether oxygens (including phenoxy) is 2. The van der Waals surface area contributed by atoms with E-state index in [0.717, 1.165) is 16.8 Å². The minimum Gasteiger partial charge on any atom is -0.493 e. The molecule has 2 heterocycles. The van der Waals surface area contributed by atoms with E-state index in [9.17, 15) is 4.79 Å². The largest absolute Gasteiger partial charge is 0.493 e. The average Bonchev–Trinajstić information content (AvgIpc) is 3.27. The maximum absolute atomic E-state index is 13.5. The van der Waals surface area contributed by atoms with Gasteiger partial charge >= 0.3 is 0 Å². The van der Waals surface area contributed by atoms with Crippen molar-refractivity contribution in [2.75, 3.05) is 19.5 Å². The minimum atomic E-state index is -0.492. The first-order valence-electron chi connectivity index (χ1n) is 10.1. The third-order valence-electron chi connectivity index (χ3n) is 6.02. The van der Waals surface area contributed by atoms with Gasteiger partial charge in [0.15, 0.2) is 17.3 Å². The zero-order chi connectivity index (χ0) is 22.4. The van der Waals surface area contributed by atoms with Gasteiger partial charge in [-0.25, -0.2) is 4.68 Å². The molecule has 2 atom stereocenters. The highest BCUT2D eigenvalue weighted by Crippen LogP contribution is 2.46. The summed E-state index contributed by atoms with van der Waals surface area (Å²) in [5.74, 6) is 1.86. The van der Waals surface area contributed by atoms with Crippen molar-refractivity contribution in [1.29, 1.82) is 0 Å². The number of Topliss-reactive ketones (excluding diaryl/α,β-unsaturated/α-hetero) is 1. The fourth-order valence-electron chi connectivity index (χ4n) is 4.51. The second-order valence-corrected chi connectivity index (χ2v) is 8.52. The van der Waals surface area contributed by atoms with Crippen LogP contribution in [0, 0.1) is 0 Å². The van der Waals surface area contributed by atoms with Crippen LogP contribution < -0.4 is 14.8 Å². The summed E-state index contributed by atoms with van der Waals surface area (Å²) < 4.78 is 12.5. The maximum Gasteiger partial charge on any atom is 0.226 e. The summed E-state index contributed by atoms with van der Waals surface area (Å²) in [6, 6.07) is 10.7. The molecule has 1 N–H and O–H groups in total. The van der Waals surface area contributed by atoms with Crippen molar-refractivity contribution in [3.8, 4) is 11.5 Å². The molecule has 0 bridgehead atoms. The molecule has 0 saturated heterocycles. The second-order valence-electron chi connectivity index (χ2n) is 7.73. The van der Waals surface area contributed by atoms with Crippen molar-refractivity contribution in [1.82, 2.24) is 14.8 Å². The van der Waals surface area contributed by atoms with Crippen molar-refractivity contribution in [3.63, 3.8) is 0 Å². The Hall–Kier alpha value is -3.03. The maximum atomic E-state index is 13.5. The monoisotopic (exact) mass is 470 g/mol. The van der Waals surface area contributed by atoms with Crippen LogP contribution in [0.4, 0.5) is 5.95 Å². The first-order chi connectivity index (χ1) is 15.5. The summed E-state index contributed by atoms with van der Waals surface area (Å²) in [6.07, 6.45) is 2.45. The molecule has 9 heteroatoms. The van der Waals surface area contributed by atoms with E-state index in [-0.39, 0.29) is 11.7 Å². The van der Waals surface area contributed by atoms with E-state index in [1.165, 1.54) is 6.33 Å². The number of ketones is 1. The molecule has 2 unspecified atom stereocenters. The fraction of sp³-hybridized carbons (Fsp3) is 0.261. The number of allylic oxidation sites excluding steroid dienone is 2. The first-order valence-corrected chi connectivity index (χ1v) is 10.9. The Labute approximate surface area is 195 Å². The Morgan fingerprint density at radius 2 is 1.91 bits per heavy atom. The molecule has 0 saturated carbocycles. The Balaban J connectivity index is 1.58. The normalized spacial score (nSPS) is 19.8. The van der Waals surface area contributed by atoms with E-state index in [2.05, 4.69) is 15.4 Å². The van der Waals surface area contributed by atoms with E-state index in [4.69, 9.17) is 32.7 Å². The number of nitrogens with zero attached hydrogens (tertiary/aromatic N) is 3. The van der Waals surface area contributed by atoms with Gasteiger partial charge in [0.2, 0.25) is 5.95 Å². The number of hydrogen-bond acceptors (Lipinski definition) is 6. The third kappa shape index (κ3) is 3.32. The summed E-state index contributed by atoms with van der Waals surface area (Å²) in [4.78, 5) is 17.8. The van der Waals surface area contributed by atoms with Gasteiger partial charge in [-0.3, -0.25) is 4.79 Å². The number of carbonyl (C=O) groups is 1. The molecule has 1 aromatic heterocycles. The summed E-state index contributed by atoms with van der Waals surface area (Å²) in [6.45, 7) is 0. The van der Waals surface area contributed by atoms with Crippen LogP contribution in [-0.2, 0) is 4.79 Å². The number of carbonyl (C=O) groups excluding carboxylic acids is 1. The lowest BCUT2D eigenvalue weighted by Gasteiger charge is -2.35. The number of rotatable bonds is 4. The molecule has 0 radical (unpaired) electrons. The van der Waals surface area contributed by atoms with Gasteiger partial charge in [0.25, 0.3) is 0 Å². The van der Waals surface area contributed by atoms with E-state index in [1.807, 2.05) is 30.3 Å². The molecule has 5 rings (SSSR count). The molecule has 32 heavy (non-hydrogen) atoms. The molecule has 1 aliphatic heterocycles. The summed E-state index contributed by atoms with van der Waals surface area (Å²) in [5, 5.41) is 8.50. The number of halogens is 2. The smallest absolute Gasteiger partial charge is 0.226 e. The molecule has 2 aromatic carbocycles. The van der Waals surface area contributed by atoms with Gasteiger partial charge in [-0.1, -0.05) is 41.4 Å². The Morgan fingerprint density at radius 1 is 1.09 bits per heavy atom. The van der Waals surface area contributed by atoms with Crippen LogP contribution >= 0.6 is 23.2 Å². The van der Waals surface area contributed by atoms with Gasteiger partial charge in [0.1, 0.15) is 12.4 Å². The van der Waals surface area contributed by atoms with E-state index >= 15 is 0 Å². The van der Waals surface area contributed by atoms with Crippen LogP contribution in [0.3, 0.4) is 0 Å². The van der Waals surface area contributed by atoms with Crippen molar-refractivity contribution >= 4 is 34.9 Å². The highest BCUT2D eigenvalue weighted by molar-refractivity contribution is 6.42. The average molecular weight is 471 g/mol. The lowest BCUT2D eigenvalue weighted by Crippen LogP contribution is -2.33. The highest BCUT2D eigenvalue weighted by Gasteiger charge is 2.40. The van der Waals surface area contributed by atoms with Gasteiger partial charge in [0.05, 0.1) is 24.3 Å². The van der Waals surface area contributed by atoms with Crippen LogP contribution in [0.2, 0.25) is 10.0 Å². The van der Waals surface area contributed by atoms with Crippen molar-refractivity contribution in [2.45, 2.75) is 24.8 Å². The molecular formula is C23H20Cl2N4O3. The molecule has 0 amide bonds. The third-order valence-corrected chi connectivity index (χ3v) is 6.85. The quantitative estimate of drug-likeness (QED) is 0.576. The predicted molar refractivity (Wildman–Crippen MR) is 122 cm³/mol. The summed E-state index contributed by atoms with van der Waals surface area (Å²) in [7, 11) is 3.20. The van der Waals surface area contributed by atoms with Gasteiger partial charge in [-0.2, -0.15) is 10.1 Å². The number of anilines is 1. The topological polar surface area (TPSA) is 78.3 Å². The zero-order valence-electron chi connectivity index (χ0n) is 17.4. The lowest BCUT2D eigenvalue weighted by atomic mass is 9.78. The molecule has 2 aliphatic rings. The minimum absolute atomic E-state index is 0.0153. The molecule has 0 fully saturated rings. The van der Waals surface area contributed by atoms with E-state index < -0.39 is 6.04 Å². The second kappa shape index (κ2) is 8.15. The van der Waals surface area contributed by atoms with Crippen molar-refractivity contribution in [3.05, 3.63) is 75.2 Å². The molecule has 7 nitrogen and oxygen atoms in total. The van der Waals surface area contributed by atoms with Crippen LogP contribution in [0.25, 0.3) is 0 Å². The van der Waals surface area contributed by atoms with Crippen molar-refractivity contribution in [2.24, 2.45) is 0 Å². The molecule has 0 spiro atoms. The van der Waals surface area contributed by atoms with E-state index in [0.29, 0.717) is 45.9 Å². The van der Waals surface area contributed by atoms with Crippen LogP contribution in [-0.4, -0.2) is 34.8 Å². The molecular weight excluding hydrogens is 451 g/mol. The van der Waals surface area contributed by atoms with Gasteiger partial charge < -0.3 is 14.8 Å². The number of benzene rings is 2. The summed E-state index contributed by atoms with van der Waals surface area (Å²) >= 11 is 12.8. The number of aromatic nitrogens is 3. The van der Waals surface area contributed by atoms with Crippen LogP contribution in [0.1, 0.15) is 35.9 Å². The molecule has 1 aliphatic carbocycles. The lowest BCUT2D eigenvalue weighted by molar-refractivity contribution is -0.116. The number of nitrogens with one attached hydrogen (secondary N) is 1. The molecule has 3 aromatic rings. The Morgan fingerprint density at radius 3 is 2.69 bits per heavy atom. The number of fused-ring (bicyclic) bond motifs is 1.